The molecule has 0 saturated heterocycles. The fourth-order valence-electron chi connectivity index (χ4n) is 2.28. The molecule has 2 unspecified atom stereocenters. The van der Waals surface area contributed by atoms with E-state index in [4.69, 9.17) is 5.11 Å². The molecule has 1 aliphatic carbocycles. The fraction of sp³-hybridized carbons (Fsp3) is 0.667. The highest BCUT2D eigenvalue weighted by Gasteiger charge is 2.36. The molecule has 10 heteroatoms. The number of nitrogens with zero attached hydrogens (tertiary/aromatic N) is 3. The predicted octanol–water partition coefficient (Wildman–Crippen LogP) is 1.96. The molecule has 0 radical (unpaired) electrons. The van der Waals surface area contributed by atoms with Crippen molar-refractivity contribution in [2.75, 3.05) is 17.2 Å². The summed E-state index contributed by atoms with van der Waals surface area (Å²) in [5.41, 5.74) is 0.656. The van der Waals surface area contributed by atoms with E-state index < -0.39 is 18.3 Å². The van der Waals surface area contributed by atoms with Crippen LogP contribution < -0.4 is 10.6 Å². The lowest BCUT2D eigenvalue weighted by Crippen LogP contribution is -2.34. The third-order valence-electron chi connectivity index (χ3n) is 3.75. The molecule has 7 nitrogen and oxygen atoms in total. The average molecular weight is 361 g/mol. The number of rotatable bonds is 6. The Bertz CT molecular complexity index is 624. The van der Waals surface area contributed by atoms with E-state index >= 15 is 0 Å². The van der Waals surface area contributed by atoms with Crippen molar-refractivity contribution in [1.29, 1.82) is 0 Å². The molecule has 2 rings (SSSR count). The van der Waals surface area contributed by atoms with Gasteiger partial charge in [0.25, 0.3) is 0 Å². The summed E-state index contributed by atoms with van der Waals surface area (Å²) in [4.78, 5) is 12.2. The second-order valence-corrected chi connectivity index (χ2v) is 6.09. The van der Waals surface area contributed by atoms with Crippen LogP contribution in [0.5, 0.6) is 0 Å². The van der Waals surface area contributed by atoms with Crippen LogP contribution in [0, 0.1) is 0 Å². The zero-order valence-corrected chi connectivity index (χ0v) is 14.0. The maximum absolute atomic E-state index is 12.8. The summed E-state index contributed by atoms with van der Waals surface area (Å²) >= 11 is 0. The summed E-state index contributed by atoms with van der Waals surface area (Å²) in [5, 5.41) is 23.9. The number of hydrogen-bond donors (Lipinski definition) is 4. The Labute approximate surface area is 143 Å². The van der Waals surface area contributed by atoms with Crippen LogP contribution in [0.25, 0.3) is 5.57 Å². The normalized spacial score (nSPS) is 20.6. The molecule has 0 amide bonds. The molecule has 0 saturated carbocycles. The van der Waals surface area contributed by atoms with Crippen molar-refractivity contribution in [3.8, 4) is 0 Å². The van der Waals surface area contributed by atoms with Crippen molar-refractivity contribution in [2.24, 2.45) is 0 Å². The van der Waals surface area contributed by atoms with Crippen molar-refractivity contribution in [3.63, 3.8) is 0 Å². The highest BCUT2D eigenvalue weighted by Crippen LogP contribution is 2.27. The number of aliphatic hydroxyl groups excluding tert-OH is 2. The molecule has 1 aromatic rings. The minimum atomic E-state index is -4.45. The monoisotopic (exact) mass is 361 g/mol. The number of hydrogen-bond acceptors (Lipinski definition) is 7. The van der Waals surface area contributed by atoms with E-state index in [0.29, 0.717) is 18.4 Å². The molecule has 0 fully saturated rings. The first-order valence-electron chi connectivity index (χ1n) is 8.05. The number of anilines is 2. The van der Waals surface area contributed by atoms with Gasteiger partial charge in [0.1, 0.15) is 6.04 Å². The minimum Gasteiger partial charge on any atom is -0.394 e. The predicted molar refractivity (Wildman–Crippen MR) is 87.0 cm³/mol. The summed E-state index contributed by atoms with van der Waals surface area (Å²) in [7, 11) is 0. The number of halogens is 3. The molecule has 4 N–H and O–H groups in total. The van der Waals surface area contributed by atoms with Crippen LogP contribution in [-0.4, -0.2) is 56.1 Å². The molecule has 0 bridgehead atoms. The highest BCUT2D eigenvalue weighted by atomic mass is 19.4. The van der Waals surface area contributed by atoms with Crippen LogP contribution in [0.2, 0.25) is 0 Å². The van der Waals surface area contributed by atoms with Gasteiger partial charge in [-0.25, -0.2) is 0 Å². The number of aliphatic hydroxyl groups is 2. The van der Waals surface area contributed by atoms with E-state index in [0.717, 1.165) is 13.3 Å². The lowest BCUT2D eigenvalue weighted by Gasteiger charge is -2.20. The van der Waals surface area contributed by atoms with Crippen molar-refractivity contribution in [1.82, 2.24) is 15.0 Å². The van der Waals surface area contributed by atoms with E-state index in [1.807, 2.05) is 0 Å². The van der Waals surface area contributed by atoms with Crippen LogP contribution in [0.4, 0.5) is 25.1 Å². The Morgan fingerprint density at radius 1 is 1.20 bits per heavy atom. The number of alkyl halides is 3. The zero-order valence-electron chi connectivity index (χ0n) is 14.0. The second kappa shape index (κ2) is 7.96. The summed E-state index contributed by atoms with van der Waals surface area (Å²) < 4.78 is 38.3. The van der Waals surface area contributed by atoms with E-state index in [1.54, 1.807) is 13.0 Å². The third kappa shape index (κ3) is 5.53. The van der Waals surface area contributed by atoms with Crippen LogP contribution >= 0.6 is 0 Å². The van der Waals surface area contributed by atoms with Crippen molar-refractivity contribution in [3.05, 3.63) is 11.9 Å². The van der Waals surface area contributed by atoms with Gasteiger partial charge < -0.3 is 20.8 Å². The van der Waals surface area contributed by atoms with Gasteiger partial charge in [0.15, 0.2) is 5.82 Å². The molecule has 0 spiro atoms. The van der Waals surface area contributed by atoms with Gasteiger partial charge in [0.05, 0.1) is 12.7 Å². The zero-order chi connectivity index (χ0) is 18.6. The van der Waals surface area contributed by atoms with E-state index in [9.17, 15) is 18.3 Å². The first-order chi connectivity index (χ1) is 11.7. The molecule has 1 heterocycles. The van der Waals surface area contributed by atoms with Gasteiger partial charge in [-0.15, -0.1) is 0 Å². The Kier molecular flexibility index (Phi) is 6.17. The van der Waals surface area contributed by atoms with Crippen LogP contribution in [0.15, 0.2) is 6.08 Å². The first kappa shape index (κ1) is 19.4. The summed E-state index contributed by atoms with van der Waals surface area (Å²) in [6.07, 6.45) is -1.50. The Morgan fingerprint density at radius 3 is 2.40 bits per heavy atom. The van der Waals surface area contributed by atoms with Crippen LogP contribution in [-0.2, 0) is 0 Å². The van der Waals surface area contributed by atoms with Gasteiger partial charge in [-0.3, -0.25) is 0 Å². The largest absolute Gasteiger partial charge is 0.408 e. The fourth-order valence-corrected chi connectivity index (χ4v) is 2.28. The summed E-state index contributed by atoms with van der Waals surface area (Å²) in [6.45, 7) is 2.46. The van der Waals surface area contributed by atoms with E-state index in [2.05, 4.69) is 25.6 Å². The standard InChI is InChI=1S/C15H22F3N5O2/c1-8(7-24)19-13-21-12(10-4-3-5-11(25)6-10)22-14(23-13)20-9(2)15(16,17)18/h6,8-9,11,24-25H,3-5,7H2,1-2H3,(H2,19,20,21,22,23)/t8?,9-,11?/m1/s1. The molecule has 140 valence electrons. The Balaban J connectivity index is 2.34. The highest BCUT2D eigenvalue weighted by molar-refractivity contribution is 5.63. The first-order valence-corrected chi connectivity index (χ1v) is 8.05. The van der Waals surface area contributed by atoms with Gasteiger partial charge in [0, 0.05) is 6.04 Å². The van der Waals surface area contributed by atoms with Gasteiger partial charge >= 0.3 is 6.18 Å². The molecular formula is C15H22F3N5O2. The lowest BCUT2D eigenvalue weighted by atomic mass is 9.97. The summed E-state index contributed by atoms with van der Waals surface area (Å²) in [5.74, 6) is 0.0473. The molecule has 0 aliphatic heterocycles. The van der Waals surface area contributed by atoms with Crippen molar-refractivity contribution >= 4 is 17.5 Å². The molecule has 3 atom stereocenters. The van der Waals surface area contributed by atoms with Gasteiger partial charge in [0.2, 0.25) is 11.9 Å². The maximum atomic E-state index is 12.8. The quantitative estimate of drug-likeness (QED) is 0.614. The maximum Gasteiger partial charge on any atom is 0.408 e. The molecule has 25 heavy (non-hydrogen) atoms. The molecule has 0 aromatic carbocycles. The number of allylic oxidation sites excluding steroid dienone is 1. The molecular weight excluding hydrogens is 339 g/mol. The number of nitrogens with one attached hydrogen (secondary N) is 2. The average Bonchev–Trinajstić information content (AvgIpc) is 2.53. The molecule has 1 aliphatic rings. The molecule has 1 aromatic heterocycles. The van der Waals surface area contributed by atoms with Gasteiger partial charge in [-0.2, -0.15) is 28.1 Å². The summed E-state index contributed by atoms with van der Waals surface area (Å²) in [6, 6.07) is -2.22. The van der Waals surface area contributed by atoms with Crippen molar-refractivity contribution in [2.45, 2.75) is 57.5 Å². The van der Waals surface area contributed by atoms with E-state index in [1.165, 1.54) is 0 Å². The van der Waals surface area contributed by atoms with Gasteiger partial charge in [-0.05, 0) is 44.8 Å². The van der Waals surface area contributed by atoms with Crippen LogP contribution in [0.1, 0.15) is 38.9 Å². The van der Waals surface area contributed by atoms with Gasteiger partial charge in [-0.1, -0.05) is 0 Å². The topological polar surface area (TPSA) is 103 Å². The van der Waals surface area contributed by atoms with Crippen LogP contribution in [0.3, 0.4) is 0 Å². The minimum absolute atomic E-state index is 0.0596. The second-order valence-electron chi connectivity index (χ2n) is 6.09. The third-order valence-corrected chi connectivity index (χ3v) is 3.75. The van der Waals surface area contributed by atoms with Crippen molar-refractivity contribution < 1.29 is 23.4 Å². The van der Waals surface area contributed by atoms with E-state index in [-0.39, 0.29) is 30.4 Å². The Hall–Kier alpha value is -1.94. The SMILES string of the molecule is CC(CO)Nc1nc(N[C@H](C)C(F)(F)F)nc(C2=CC(O)CCC2)n1. The Morgan fingerprint density at radius 2 is 1.84 bits per heavy atom. The smallest absolute Gasteiger partial charge is 0.394 e. The lowest BCUT2D eigenvalue weighted by molar-refractivity contribution is -0.138. The number of aromatic nitrogens is 3.